The van der Waals surface area contributed by atoms with Gasteiger partial charge >= 0.3 is 10.2 Å². The van der Waals surface area contributed by atoms with Crippen molar-refractivity contribution < 1.29 is 18.0 Å². The molecule has 2 aromatic carbocycles. The number of hydrogen-bond donors (Lipinski definition) is 2. The molecule has 11 heteroatoms. The van der Waals surface area contributed by atoms with Crippen molar-refractivity contribution in [2.24, 2.45) is 0 Å². The highest BCUT2D eigenvalue weighted by atomic mass is 32.2. The van der Waals surface area contributed by atoms with Gasteiger partial charge in [0.25, 0.3) is 5.91 Å². The summed E-state index contributed by atoms with van der Waals surface area (Å²) in [6, 6.07) is 16.9. The Labute approximate surface area is 189 Å². The quantitative estimate of drug-likeness (QED) is 0.521. The number of carbonyl (C=O) groups is 2. The summed E-state index contributed by atoms with van der Waals surface area (Å²) in [6.07, 6.45) is -0.122. The Hall–Kier alpha value is -3.59. The van der Waals surface area contributed by atoms with Crippen LogP contribution in [0.5, 0.6) is 0 Å². The predicted octanol–water partition coefficient (Wildman–Crippen LogP) is 2.62. The van der Waals surface area contributed by atoms with E-state index in [2.05, 4.69) is 10.3 Å². The van der Waals surface area contributed by atoms with Crippen LogP contribution in [0.3, 0.4) is 0 Å². The smallest absolute Gasteiger partial charge is 0.302 e. The van der Waals surface area contributed by atoms with Gasteiger partial charge < -0.3 is 5.32 Å². The highest BCUT2D eigenvalue weighted by Crippen LogP contribution is 2.25. The molecule has 0 saturated carbocycles. The maximum atomic E-state index is 12.3. The molecule has 0 aliphatic heterocycles. The van der Waals surface area contributed by atoms with Crippen molar-refractivity contribution in [3.8, 4) is 17.3 Å². The SMILES string of the molecule is CN(CCC(=O)Nc1nc(-c2ccc(C#N)cc2)cs1)S(=O)(=O)NC(=O)c1ccccc1. The molecule has 9 nitrogen and oxygen atoms in total. The lowest BCUT2D eigenvalue weighted by atomic mass is 10.1. The van der Waals surface area contributed by atoms with Crippen LogP contribution >= 0.6 is 11.3 Å². The molecule has 0 aliphatic carbocycles. The molecule has 0 unspecified atom stereocenters. The minimum absolute atomic E-state index is 0.122. The van der Waals surface area contributed by atoms with Gasteiger partial charge in [-0.25, -0.2) is 9.71 Å². The standard InChI is InChI=1S/C21H19N5O4S2/c1-26(32(29,30)25-20(28)17-5-3-2-4-6-17)12-11-19(27)24-21-23-18(14-31-21)16-9-7-15(13-22)8-10-16/h2-10,14H,11-12H2,1H3,(H,25,28)(H,23,24,27). The number of nitrogens with one attached hydrogen (secondary N) is 2. The third kappa shape index (κ3) is 5.98. The minimum atomic E-state index is -4.10. The number of hydrogen-bond acceptors (Lipinski definition) is 7. The zero-order valence-electron chi connectivity index (χ0n) is 17.0. The van der Waals surface area contributed by atoms with E-state index in [4.69, 9.17) is 5.26 Å². The fraction of sp³-hybridized carbons (Fsp3) is 0.143. The first kappa shape index (κ1) is 23.1. The van der Waals surface area contributed by atoms with Crippen LogP contribution in [0.4, 0.5) is 5.13 Å². The van der Waals surface area contributed by atoms with E-state index in [0.717, 1.165) is 9.87 Å². The molecule has 0 spiro atoms. The Morgan fingerprint density at radius 2 is 1.81 bits per heavy atom. The summed E-state index contributed by atoms with van der Waals surface area (Å²) < 4.78 is 27.5. The first-order valence-electron chi connectivity index (χ1n) is 9.38. The second kappa shape index (κ2) is 10.1. The lowest BCUT2D eigenvalue weighted by molar-refractivity contribution is -0.116. The van der Waals surface area contributed by atoms with Gasteiger partial charge in [0.2, 0.25) is 5.91 Å². The molecule has 0 atom stereocenters. The largest absolute Gasteiger partial charge is 0.303 e. The van der Waals surface area contributed by atoms with Crippen molar-refractivity contribution in [3.05, 3.63) is 71.1 Å². The molecule has 1 aromatic heterocycles. The first-order valence-corrected chi connectivity index (χ1v) is 11.7. The summed E-state index contributed by atoms with van der Waals surface area (Å²) in [7, 11) is -2.82. The number of rotatable bonds is 8. The predicted molar refractivity (Wildman–Crippen MR) is 121 cm³/mol. The molecule has 3 rings (SSSR count). The molecule has 0 aliphatic rings. The monoisotopic (exact) mass is 469 g/mol. The van der Waals surface area contributed by atoms with E-state index in [0.29, 0.717) is 16.4 Å². The average molecular weight is 470 g/mol. The first-order chi connectivity index (χ1) is 15.3. The number of thiazole rings is 1. The van der Waals surface area contributed by atoms with Gasteiger partial charge in [0.1, 0.15) is 0 Å². The molecule has 2 N–H and O–H groups in total. The fourth-order valence-corrected chi connectivity index (χ4v) is 4.16. The normalized spacial score (nSPS) is 11.0. The molecular formula is C21H19N5O4S2. The lowest BCUT2D eigenvalue weighted by Gasteiger charge is -2.17. The molecule has 0 fully saturated rings. The Bertz CT molecular complexity index is 1250. The van der Waals surface area contributed by atoms with Crippen molar-refractivity contribution in [2.45, 2.75) is 6.42 Å². The van der Waals surface area contributed by atoms with Crippen LogP contribution in [-0.2, 0) is 15.0 Å². The fourth-order valence-electron chi connectivity index (χ4n) is 2.58. The van der Waals surface area contributed by atoms with E-state index < -0.39 is 22.0 Å². The van der Waals surface area contributed by atoms with Crippen molar-refractivity contribution in [1.82, 2.24) is 14.0 Å². The van der Waals surface area contributed by atoms with Gasteiger partial charge in [-0.2, -0.15) is 18.0 Å². The number of nitrogens with zero attached hydrogens (tertiary/aromatic N) is 3. The average Bonchev–Trinajstić information content (AvgIpc) is 3.26. The van der Waals surface area contributed by atoms with E-state index >= 15 is 0 Å². The van der Waals surface area contributed by atoms with E-state index in [9.17, 15) is 18.0 Å². The molecule has 1 heterocycles. The summed E-state index contributed by atoms with van der Waals surface area (Å²) >= 11 is 1.23. The number of amides is 2. The van der Waals surface area contributed by atoms with Gasteiger partial charge in [-0.1, -0.05) is 30.3 Å². The summed E-state index contributed by atoms with van der Waals surface area (Å²) in [5.41, 5.74) is 2.21. The summed E-state index contributed by atoms with van der Waals surface area (Å²) in [5.74, 6) is -1.16. The zero-order valence-corrected chi connectivity index (χ0v) is 18.6. The van der Waals surface area contributed by atoms with Crippen LogP contribution in [0.1, 0.15) is 22.3 Å². The van der Waals surface area contributed by atoms with Crippen LogP contribution in [0, 0.1) is 11.3 Å². The van der Waals surface area contributed by atoms with Gasteiger partial charge in [-0.05, 0) is 24.3 Å². The van der Waals surface area contributed by atoms with Crippen molar-refractivity contribution in [3.63, 3.8) is 0 Å². The molecule has 0 saturated heterocycles. The molecule has 164 valence electrons. The van der Waals surface area contributed by atoms with Crippen LogP contribution in [0.15, 0.2) is 60.0 Å². The van der Waals surface area contributed by atoms with Gasteiger partial charge in [0, 0.05) is 36.5 Å². The van der Waals surface area contributed by atoms with Crippen LogP contribution in [0.25, 0.3) is 11.3 Å². The summed E-state index contributed by atoms with van der Waals surface area (Å²) in [4.78, 5) is 28.6. The number of carbonyl (C=O) groups excluding carboxylic acids is 2. The third-order valence-electron chi connectivity index (χ3n) is 4.38. The number of anilines is 1. The Balaban J connectivity index is 1.52. The van der Waals surface area contributed by atoms with Crippen molar-refractivity contribution in [1.29, 1.82) is 5.26 Å². The van der Waals surface area contributed by atoms with Crippen LogP contribution < -0.4 is 10.0 Å². The molecule has 0 radical (unpaired) electrons. The number of benzene rings is 2. The molecule has 3 aromatic rings. The highest BCUT2D eigenvalue weighted by molar-refractivity contribution is 7.87. The maximum absolute atomic E-state index is 12.3. The Morgan fingerprint density at radius 3 is 2.47 bits per heavy atom. The van der Waals surface area contributed by atoms with E-state index in [-0.39, 0.29) is 18.5 Å². The number of aromatic nitrogens is 1. The van der Waals surface area contributed by atoms with Crippen molar-refractivity contribution >= 4 is 38.5 Å². The minimum Gasteiger partial charge on any atom is -0.302 e. The van der Waals surface area contributed by atoms with Crippen molar-refractivity contribution in [2.75, 3.05) is 18.9 Å². The van der Waals surface area contributed by atoms with Crippen LogP contribution in [-0.4, -0.2) is 43.1 Å². The van der Waals surface area contributed by atoms with Crippen LogP contribution in [0.2, 0.25) is 0 Å². The van der Waals surface area contributed by atoms with Gasteiger partial charge in [-0.15, -0.1) is 11.3 Å². The molecule has 0 bridgehead atoms. The Kier molecular flexibility index (Phi) is 7.32. The molecule has 32 heavy (non-hydrogen) atoms. The lowest BCUT2D eigenvalue weighted by Crippen LogP contribution is -2.42. The van der Waals surface area contributed by atoms with Gasteiger partial charge in [-0.3, -0.25) is 9.59 Å². The van der Waals surface area contributed by atoms with Gasteiger partial charge in [0.15, 0.2) is 5.13 Å². The topological polar surface area (TPSA) is 132 Å². The Morgan fingerprint density at radius 1 is 1.12 bits per heavy atom. The second-order valence-electron chi connectivity index (χ2n) is 6.65. The maximum Gasteiger partial charge on any atom is 0.303 e. The molecular weight excluding hydrogens is 450 g/mol. The zero-order chi connectivity index (χ0) is 23.1. The van der Waals surface area contributed by atoms with Gasteiger partial charge in [0.05, 0.1) is 17.3 Å². The van der Waals surface area contributed by atoms with E-state index in [1.807, 2.05) is 10.8 Å². The highest BCUT2D eigenvalue weighted by Gasteiger charge is 2.22. The molecule has 2 amide bonds. The number of nitriles is 1. The summed E-state index contributed by atoms with van der Waals surface area (Å²) in [5, 5.41) is 13.6. The second-order valence-corrected chi connectivity index (χ2v) is 9.28. The van der Waals surface area contributed by atoms with E-state index in [1.54, 1.807) is 47.8 Å². The summed E-state index contributed by atoms with van der Waals surface area (Å²) in [6.45, 7) is -0.128. The van der Waals surface area contributed by atoms with E-state index in [1.165, 1.54) is 30.5 Å². The third-order valence-corrected chi connectivity index (χ3v) is 6.59.